The quantitative estimate of drug-likeness (QED) is 0.585. The fraction of sp³-hybridized carbons (Fsp3) is 0.417. The molecule has 0 radical (unpaired) electrons. The molecule has 0 spiro atoms. The van der Waals surface area contributed by atoms with Crippen molar-refractivity contribution in [2.24, 2.45) is 0 Å². The number of carbonyl (C=O) groups is 1. The van der Waals surface area contributed by atoms with Gasteiger partial charge in [-0.2, -0.15) is 0 Å². The third-order valence-corrected chi connectivity index (χ3v) is 3.75. The zero-order valence-electron chi connectivity index (χ0n) is 9.16. The highest BCUT2D eigenvalue weighted by atomic mass is 35.5. The summed E-state index contributed by atoms with van der Waals surface area (Å²) in [6.07, 6.45) is 0. The van der Waals surface area contributed by atoms with Crippen LogP contribution >= 0.6 is 23.4 Å². The largest absolute Gasteiger partial charge is 0.280 e. The third kappa shape index (κ3) is 3.88. The molecule has 0 fully saturated rings. The van der Waals surface area contributed by atoms with Gasteiger partial charge in [-0.3, -0.25) is 4.79 Å². The topological polar surface area (TPSA) is 17.1 Å². The van der Waals surface area contributed by atoms with Crippen molar-refractivity contribution in [3.63, 3.8) is 0 Å². The number of hydrogen-bond donors (Lipinski definition) is 0. The van der Waals surface area contributed by atoms with Gasteiger partial charge in [0, 0.05) is 4.90 Å². The van der Waals surface area contributed by atoms with Crippen LogP contribution < -0.4 is 0 Å². The number of carbonyl (C=O) groups excluding carboxylic acids is 1. The maximum atomic E-state index is 10.9. The summed E-state index contributed by atoms with van der Waals surface area (Å²) < 4.78 is 0. The molecule has 3 heteroatoms. The minimum atomic E-state index is -0.298. The van der Waals surface area contributed by atoms with E-state index >= 15 is 0 Å². The van der Waals surface area contributed by atoms with Crippen LogP contribution in [0.2, 0.25) is 0 Å². The van der Waals surface area contributed by atoms with Gasteiger partial charge in [-0.15, -0.1) is 11.8 Å². The molecular formula is C12H15ClOS. The van der Waals surface area contributed by atoms with E-state index in [-0.39, 0.29) is 10.5 Å². The molecule has 82 valence electrons. The van der Waals surface area contributed by atoms with E-state index in [0.717, 1.165) is 4.90 Å². The van der Waals surface area contributed by atoms with Crippen molar-refractivity contribution in [3.8, 4) is 0 Å². The van der Waals surface area contributed by atoms with E-state index in [1.54, 1.807) is 0 Å². The molecule has 1 aromatic rings. The number of thioether (sulfide) groups is 1. The molecule has 1 atom stereocenters. The maximum Gasteiger partial charge on any atom is 0.234 e. The summed E-state index contributed by atoms with van der Waals surface area (Å²) in [6, 6.07) is 8.27. The summed E-state index contributed by atoms with van der Waals surface area (Å²) in [6.45, 7) is 6.14. The highest BCUT2D eigenvalue weighted by molar-refractivity contribution is 8.00. The molecule has 0 saturated heterocycles. The van der Waals surface area contributed by atoms with Crippen molar-refractivity contribution in [2.75, 3.05) is 0 Å². The zero-order chi connectivity index (χ0) is 11.4. The lowest BCUT2D eigenvalue weighted by molar-refractivity contribution is -0.111. The first kappa shape index (κ1) is 12.6. The van der Waals surface area contributed by atoms with Gasteiger partial charge >= 0.3 is 0 Å². The maximum absolute atomic E-state index is 10.9. The molecule has 0 N–H and O–H groups in total. The molecule has 0 aliphatic carbocycles. The van der Waals surface area contributed by atoms with Gasteiger partial charge in [0.25, 0.3) is 0 Å². The molecule has 1 aromatic carbocycles. The fourth-order valence-electron chi connectivity index (χ4n) is 1.18. The van der Waals surface area contributed by atoms with Gasteiger partial charge in [-0.25, -0.2) is 0 Å². The second-order valence-corrected chi connectivity index (χ2v) is 5.57. The van der Waals surface area contributed by atoms with Crippen LogP contribution in [0.4, 0.5) is 0 Å². The number of halogens is 1. The first-order valence-electron chi connectivity index (χ1n) is 4.96. The minimum Gasteiger partial charge on any atom is -0.280 e. The van der Waals surface area contributed by atoms with Crippen molar-refractivity contribution < 1.29 is 4.79 Å². The second-order valence-electron chi connectivity index (χ2n) is 3.79. The standard InChI is InChI=1S/C12H15ClOS/c1-8(2)10-4-6-11(7-5-10)15-9(3)12(13)14/h4-9H,1-3H3. The molecule has 0 amide bonds. The van der Waals surface area contributed by atoms with E-state index in [9.17, 15) is 4.79 Å². The minimum absolute atomic E-state index is 0.184. The van der Waals surface area contributed by atoms with Gasteiger partial charge in [0.05, 0.1) is 5.25 Å². The van der Waals surface area contributed by atoms with Gasteiger partial charge in [0.1, 0.15) is 0 Å². The first-order valence-corrected chi connectivity index (χ1v) is 6.22. The Kier molecular flexibility index (Phi) is 4.68. The Labute approximate surface area is 100 Å². The summed E-state index contributed by atoms with van der Waals surface area (Å²) in [4.78, 5) is 12.0. The number of benzene rings is 1. The molecule has 1 nitrogen and oxygen atoms in total. The van der Waals surface area contributed by atoms with Gasteiger partial charge in [0.15, 0.2) is 0 Å². The molecule has 0 aliphatic heterocycles. The Morgan fingerprint density at radius 1 is 1.20 bits per heavy atom. The molecule has 0 aromatic heterocycles. The predicted octanol–water partition coefficient (Wildman–Crippen LogP) is 4.06. The molecule has 0 saturated carbocycles. The van der Waals surface area contributed by atoms with E-state index in [1.807, 2.05) is 19.1 Å². The van der Waals surface area contributed by atoms with Gasteiger partial charge in [0.2, 0.25) is 5.24 Å². The Morgan fingerprint density at radius 3 is 2.13 bits per heavy atom. The van der Waals surface area contributed by atoms with Crippen LogP contribution in [0.5, 0.6) is 0 Å². The summed E-state index contributed by atoms with van der Waals surface area (Å²) in [5.41, 5.74) is 1.31. The predicted molar refractivity (Wildman–Crippen MR) is 66.7 cm³/mol. The molecule has 1 unspecified atom stereocenters. The average molecular weight is 243 g/mol. The van der Waals surface area contributed by atoms with Crippen molar-refractivity contribution in [2.45, 2.75) is 36.8 Å². The zero-order valence-corrected chi connectivity index (χ0v) is 10.7. The smallest absolute Gasteiger partial charge is 0.234 e. The van der Waals surface area contributed by atoms with Crippen LogP contribution in [-0.4, -0.2) is 10.5 Å². The molecule has 0 aliphatic rings. The van der Waals surface area contributed by atoms with Crippen molar-refractivity contribution in [1.29, 1.82) is 0 Å². The summed E-state index contributed by atoms with van der Waals surface area (Å²) in [5.74, 6) is 0.538. The van der Waals surface area contributed by atoms with Crippen LogP contribution in [0.15, 0.2) is 29.2 Å². The Morgan fingerprint density at radius 2 is 1.73 bits per heavy atom. The highest BCUT2D eigenvalue weighted by Gasteiger charge is 2.11. The van der Waals surface area contributed by atoms with Crippen molar-refractivity contribution in [1.82, 2.24) is 0 Å². The highest BCUT2D eigenvalue weighted by Crippen LogP contribution is 2.26. The van der Waals surface area contributed by atoms with E-state index < -0.39 is 0 Å². The first-order chi connectivity index (χ1) is 7.00. The van der Waals surface area contributed by atoms with E-state index in [0.29, 0.717) is 5.92 Å². The van der Waals surface area contributed by atoms with E-state index in [2.05, 4.69) is 26.0 Å². The van der Waals surface area contributed by atoms with Crippen LogP contribution in [-0.2, 0) is 4.79 Å². The van der Waals surface area contributed by atoms with Crippen molar-refractivity contribution in [3.05, 3.63) is 29.8 Å². The molecule has 0 heterocycles. The summed E-state index contributed by atoms with van der Waals surface area (Å²) in [7, 11) is 0. The Hall–Kier alpha value is -0.470. The van der Waals surface area contributed by atoms with Crippen LogP contribution in [0.1, 0.15) is 32.3 Å². The monoisotopic (exact) mass is 242 g/mol. The third-order valence-electron chi connectivity index (χ3n) is 2.18. The van der Waals surface area contributed by atoms with Gasteiger partial charge in [-0.05, 0) is 42.1 Å². The van der Waals surface area contributed by atoms with E-state index in [4.69, 9.17) is 11.6 Å². The molecule has 15 heavy (non-hydrogen) atoms. The molecule has 1 rings (SSSR count). The Bertz CT molecular complexity index is 332. The fourth-order valence-corrected chi connectivity index (χ4v) is 2.11. The second kappa shape index (κ2) is 5.57. The summed E-state index contributed by atoms with van der Waals surface area (Å²) in [5, 5.41) is -0.482. The van der Waals surface area contributed by atoms with Gasteiger partial charge < -0.3 is 0 Å². The van der Waals surface area contributed by atoms with Crippen LogP contribution in [0.3, 0.4) is 0 Å². The number of hydrogen-bond acceptors (Lipinski definition) is 2. The lowest BCUT2D eigenvalue weighted by Gasteiger charge is -2.08. The lowest BCUT2D eigenvalue weighted by Crippen LogP contribution is -2.04. The average Bonchev–Trinajstić information content (AvgIpc) is 2.18. The van der Waals surface area contributed by atoms with E-state index in [1.165, 1.54) is 17.3 Å². The van der Waals surface area contributed by atoms with Crippen LogP contribution in [0.25, 0.3) is 0 Å². The van der Waals surface area contributed by atoms with Crippen molar-refractivity contribution >= 4 is 28.6 Å². The molecular weight excluding hydrogens is 228 g/mol. The summed E-state index contributed by atoms with van der Waals surface area (Å²) >= 11 is 6.89. The number of rotatable bonds is 4. The SMILES string of the molecule is CC(Sc1ccc(C(C)C)cc1)C(=O)Cl. The lowest BCUT2D eigenvalue weighted by atomic mass is 10.0. The molecule has 0 bridgehead atoms. The normalized spacial score (nSPS) is 12.9. The van der Waals surface area contributed by atoms with Gasteiger partial charge in [-0.1, -0.05) is 26.0 Å². The Balaban J connectivity index is 2.68. The van der Waals surface area contributed by atoms with Crippen LogP contribution in [0, 0.1) is 0 Å².